The number of benzene rings is 1. The molecule has 0 radical (unpaired) electrons. The lowest BCUT2D eigenvalue weighted by molar-refractivity contribution is -0.136. The van der Waals surface area contributed by atoms with Gasteiger partial charge in [0, 0.05) is 9.99 Å². The molecular weight excluding hydrogens is 485 g/mol. The van der Waals surface area contributed by atoms with Crippen LogP contribution in [0.2, 0.25) is 0 Å². The molecule has 1 aromatic carbocycles. The largest absolute Gasteiger partial charge is 0.453 e. The molecule has 152 valence electrons. The van der Waals surface area contributed by atoms with E-state index in [1.165, 1.54) is 7.11 Å². The fourth-order valence-electron chi connectivity index (χ4n) is 3.33. The molecule has 2 amide bonds. The molecule has 1 aliphatic heterocycles. The summed E-state index contributed by atoms with van der Waals surface area (Å²) < 4.78 is 34.0. The fourth-order valence-corrected chi connectivity index (χ4v) is 3.80. The van der Waals surface area contributed by atoms with Crippen LogP contribution in [-0.2, 0) is 9.53 Å². The standard InChI is InChI=1S/C18H21F2IN4O3/c1-9(2)14(24-17(27)28-3)16(26)25-8-18(19,20)7-13(25)15-22-11-5-4-10(21)6-12(11)23-15/h4-6,9,13-14H,7-8H2,1-3H3,(H,22,23)(H,24,27)/t13?,14-/m0/s1. The first kappa shape index (κ1) is 20.7. The molecule has 1 aliphatic rings. The van der Waals surface area contributed by atoms with Gasteiger partial charge in [0.1, 0.15) is 11.9 Å². The maximum Gasteiger partial charge on any atom is 0.407 e. The zero-order chi connectivity index (χ0) is 20.6. The van der Waals surface area contributed by atoms with Crippen LogP contribution in [0.15, 0.2) is 18.2 Å². The molecule has 7 nitrogen and oxygen atoms in total. The van der Waals surface area contributed by atoms with E-state index in [0.717, 1.165) is 8.47 Å². The molecule has 28 heavy (non-hydrogen) atoms. The Bertz CT molecular complexity index is 902. The topological polar surface area (TPSA) is 87.3 Å². The predicted molar refractivity (Wildman–Crippen MR) is 107 cm³/mol. The molecular formula is C18H21F2IN4O3. The lowest BCUT2D eigenvalue weighted by Crippen LogP contribution is -2.51. The number of alkyl carbamates (subject to hydrolysis) is 1. The number of methoxy groups -OCH3 is 1. The van der Waals surface area contributed by atoms with Gasteiger partial charge in [0.05, 0.1) is 30.7 Å². The van der Waals surface area contributed by atoms with Crippen molar-refractivity contribution < 1.29 is 23.1 Å². The molecule has 1 aromatic heterocycles. The minimum absolute atomic E-state index is 0.307. The Morgan fingerprint density at radius 3 is 2.79 bits per heavy atom. The Balaban J connectivity index is 1.94. The summed E-state index contributed by atoms with van der Waals surface area (Å²) >= 11 is 2.15. The van der Waals surface area contributed by atoms with Gasteiger partial charge in [-0.3, -0.25) is 4.79 Å². The van der Waals surface area contributed by atoms with E-state index in [1.54, 1.807) is 13.8 Å². The van der Waals surface area contributed by atoms with Crippen LogP contribution in [-0.4, -0.2) is 52.5 Å². The number of aromatic nitrogens is 2. The summed E-state index contributed by atoms with van der Waals surface area (Å²) in [4.78, 5) is 33.3. The summed E-state index contributed by atoms with van der Waals surface area (Å²) in [5.41, 5.74) is 1.36. The van der Waals surface area contributed by atoms with Crippen LogP contribution in [0.5, 0.6) is 0 Å². The van der Waals surface area contributed by atoms with Gasteiger partial charge in [0.15, 0.2) is 0 Å². The predicted octanol–water partition coefficient (Wildman–Crippen LogP) is 3.46. The van der Waals surface area contributed by atoms with E-state index in [-0.39, 0.29) is 5.92 Å². The number of alkyl halides is 2. The first-order chi connectivity index (χ1) is 13.1. The SMILES string of the molecule is COC(=O)N[C@H](C(=O)N1CC(F)(F)CC1c1nc2cc(I)ccc2[nH]1)C(C)C. The number of fused-ring (bicyclic) bond motifs is 1. The minimum Gasteiger partial charge on any atom is -0.453 e. The smallest absolute Gasteiger partial charge is 0.407 e. The van der Waals surface area contributed by atoms with E-state index in [2.05, 4.69) is 42.6 Å². The monoisotopic (exact) mass is 506 g/mol. The Morgan fingerprint density at radius 1 is 1.43 bits per heavy atom. The molecule has 1 unspecified atom stereocenters. The Labute approximate surface area is 174 Å². The minimum atomic E-state index is -3.04. The van der Waals surface area contributed by atoms with E-state index in [9.17, 15) is 18.4 Å². The number of carbonyl (C=O) groups excluding carboxylic acids is 2. The average molecular weight is 506 g/mol. The molecule has 0 aliphatic carbocycles. The second-order valence-corrected chi connectivity index (χ2v) is 8.43. The molecule has 0 spiro atoms. The van der Waals surface area contributed by atoms with E-state index < -0.39 is 43.0 Å². The van der Waals surface area contributed by atoms with Gasteiger partial charge in [0.25, 0.3) is 5.92 Å². The van der Waals surface area contributed by atoms with Crippen molar-refractivity contribution in [3.63, 3.8) is 0 Å². The van der Waals surface area contributed by atoms with Gasteiger partial charge in [-0.25, -0.2) is 18.6 Å². The number of hydrogen-bond donors (Lipinski definition) is 2. The van der Waals surface area contributed by atoms with Crippen molar-refractivity contribution in [1.29, 1.82) is 0 Å². The van der Waals surface area contributed by atoms with Crippen LogP contribution in [0.25, 0.3) is 11.0 Å². The van der Waals surface area contributed by atoms with Crippen LogP contribution < -0.4 is 5.32 Å². The summed E-state index contributed by atoms with van der Waals surface area (Å²) in [6.45, 7) is 2.73. The highest BCUT2D eigenvalue weighted by atomic mass is 127. The maximum absolute atomic E-state index is 14.3. The van der Waals surface area contributed by atoms with Gasteiger partial charge in [-0.05, 0) is 46.7 Å². The summed E-state index contributed by atoms with van der Waals surface area (Å²) in [6.07, 6.45) is -1.31. The second-order valence-electron chi connectivity index (χ2n) is 7.18. The number of ether oxygens (including phenoxy) is 1. The Hall–Kier alpha value is -1.98. The lowest BCUT2D eigenvalue weighted by atomic mass is 10.0. The molecule has 1 fully saturated rings. The Morgan fingerprint density at radius 2 is 2.14 bits per heavy atom. The summed E-state index contributed by atoms with van der Waals surface area (Å²) in [6, 6.07) is 3.65. The zero-order valence-electron chi connectivity index (χ0n) is 15.6. The number of nitrogens with zero attached hydrogens (tertiary/aromatic N) is 2. The third-order valence-corrected chi connectivity index (χ3v) is 5.39. The first-order valence-corrected chi connectivity index (χ1v) is 9.87. The van der Waals surface area contributed by atoms with Crippen molar-refractivity contribution >= 4 is 45.6 Å². The zero-order valence-corrected chi connectivity index (χ0v) is 17.8. The summed E-state index contributed by atoms with van der Waals surface area (Å²) in [5.74, 6) is -3.63. The molecule has 10 heteroatoms. The number of likely N-dealkylation sites (tertiary alicyclic amines) is 1. The van der Waals surface area contributed by atoms with Crippen LogP contribution in [0.1, 0.15) is 32.1 Å². The molecule has 2 N–H and O–H groups in total. The fraction of sp³-hybridized carbons (Fsp3) is 0.500. The van der Waals surface area contributed by atoms with E-state index in [1.807, 2.05) is 18.2 Å². The van der Waals surface area contributed by atoms with Crippen LogP contribution in [0.3, 0.4) is 0 Å². The molecule has 0 bridgehead atoms. The van der Waals surface area contributed by atoms with Crippen LogP contribution >= 0.6 is 22.6 Å². The number of carbonyl (C=O) groups is 2. The number of amides is 2. The first-order valence-electron chi connectivity index (χ1n) is 8.79. The van der Waals surface area contributed by atoms with Crippen molar-refractivity contribution in [3.8, 4) is 0 Å². The number of H-pyrrole nitrogens is 1. The quantitative estimate of drug-likeness (QED) is 0.623. The average Bonchev–Trinajstić information content (AvgIpc) is 3.18. The van der Waals surface area contributed by atoms with Crippen molar-refractivity contribution in [2.24, 2.45) is 5.92 Å². The number of imidazole rings is 1. The van der Waals surface area contributed by atoms with Crippen molar-refractivity contribution in [2.45, 2.75) is 38.3 Å². The summed E-state index contributed by atoms with van der Waals surface area (Å²) in [7, 11) is 1.18. The number of nitrogens with one attached hydrogen (secondary N) is 2. The van der Waals surface area contributed by atoms with Gasteiger partial charge in [0.2, 0.25) is 5.91 Å². The van der Waals surface area contributed by atoms with Gasteiger partial charge in [-0.1, -0.05) is 13.8 Å². The second kappa shape index (κ2) is 7.80. The molecule has 2 atom stereocenters. The highest BCUT2D eigenvalue weighted by Crippen LogP contribution is 2.41. The van der Waals surface area contributed by atoms with Gasteiger partial charge < -0.3 is 19.9 Å². The third kappa shape index (κ3) is 4.20. The lowest BCUT2D eigenvalue weighted by Gasteiger charge is -2.29. The summed E-state index contributed by atoms with van der Waals surface area (Å²) in [5, 5.41) is 2.45. The third-order valence-electron chi connectivity index (χ3n) is 4.72. The van der Waals surface area contributed by atoms with Crippen molar-refractivity contribution in [3.05, 3.63) is 27.6 Å². The molecule has 0 saturated carbocycles. The number of rotatable bonds is 4. The molecule has 2 heterocycles. The van der Waals surface area contributed by atoms with Gasteiger partial charge >= 0.3 is 6.09 Å². The highest BCUT2D eigenvalue weighted by molar-refractivity contribution is 14.1. The Kier molecular flexibility index (Phi) is 5.78. The van der Waals surface area contributed by atoms with Crippen molar-refractivity contribution in [1.82, 2.24) is 20.2 Å². The van der Waals surface area contributed by atoms with E-state index in [0.29, 0.717) is 16.9 Å². The van der Waals surface area contributed by atoms with E-state index >= 15 is 0 Å². The molecule has 2 aromatic rings. The van der Waals surface area contributed by atoms with Gasteiger partial charge in [-0.2, -0.15) is 0 Å². The maximum atomic E-state index is 14.3. The normalized spacial score (nSPS) is 19.8. The van der Waals surface area contributed by atoms with Crippen LogP contribution in [0, 0.1) is 9.49 Å². The number of hydrogen-bond acceptors (Lipinski definition) is 4. The van der Waals surface area contributed by atoms with E-state index in [4.69, 9.17) is 0 Å². The molecule has 3 rings (SSSR count). The number of aromatic amines is 1. The number of halogens is 3. The van der Waals surface area contributed by atoms with Crippen molar-refractivity contribution in [2.75, 3.05) is 13.7 Å². The van der Waals surface area contributed by atoms with Gasteiger partial charge in [-0.15, -0.1) is 0 Å². The van der Waals surface area contributed by atoms with Crippen LogP contribution in [0.4, 0.5) is 13.6 Å². The molecule has 1 saturated heterocycles. The highest BCUT2D eigenvalue weighted by Gasteiger charge is 2.50.